The van der Waals surface area contributed by atoms with E-state index in [0.29, 0.717) is 0 Å². The molecule has 136 valence electrons. The summed E-state index contributed by atoms with van der Waals surface area (Å²) in [6.45, 7) is 5.35. The summed E-state index contributed by atoms with van der Waals surface area (Å²) in [5, 5.41) is 3.36. The van der Waals surface area contributed by atoms with E-state index >= 15 is 0 Å². The van der Waals surface area contributed by atoms with E-state index in [-0.39, 0.29) is 0 Å². The largest absolute Gasteiger partial charge is 0.372 e. The molecule has 2 saturated heterocycles. The summed E-state index contributed by atoms with van der Waals surface area (Å²) >= 11 is 0. The van der Waals surface area contributed by atoms with Gasteiger partial charge in [0.05, 0.1) is 0 Å². The van der Waals surface area contributed by atoms with E-state index in [1.54, 1.807) is 11.2 Å². The van der Waals surface area contributed by atoms with Gasteiger partial charge in [-0.25, -0.2) is 9.97 Å². The number of carbonyl (C=O) groups is 1. The molecular weight excluding hydrogens is 328 g/mol. The number of carbonyl (C=O) groups excluding carboxylic acids is 1. The molecule has 0 bridgehead atoms. The van der Waals surface area contributed by atoms with Gasteiger partial charge in [-0.2, -0.15) is 0 Å². The Labute approximate surface area is 153 Å². The van der Waals surface area contributed by atoms with Crippen LogP contribution in [-0.2, 0) is 4.79 Å². The first-order valence-corrected chi connectivity index (χ1v) is 9.20. The maximum Gasteiger partial charge on any atom is 0.209 e. The number of hydrogen-bond acceptors (Lipinski definition) is 6. The van der Waals surface area contributed by atoms with Crippen LogP contribution in [0.25, 0.3) is 0 Å². The molecule has 1 amide bonds. The lowest BCUT2D eigenvalue weighted by Crippen LogP contribution is -2.46. The molecular formula is C19H24N6O. The topological polar surface area (TPSA) is 64.6 Å². The van der Waals surface area contributed by atoms with Crippen molar-refractivity contribution in [1.82, 2.24) is 14.9 Å². The summed E-state index contributed by atoms with van der Waals surface area (Å²) in [4.78, 5) is 26.0. The summed E-state index contributed by atoms with van der Waals surface area (Å²) in [6, 6.07) is 10.5. The summed E-state index contributed by atoms with van der Waals surface area (Å²) in [5.74, 6) is 1.67. The third-order valence-electron chi connectivity index (χ3n) is 5.05. The van der Waals surface area contributed by atoms with Gasteiger partial charge in [-0.1, -0.05) is 0 Å². The minimum atomic E-state index is 0.730. The van der Waals surface area contributed by atoms with Crippen LogP contribution in [-0.4, -0.2) is 60.5 Å². The van der Waals surface area contributed by atoms with Crippen LogP contribution in [0.3, 0.4) is 0 Å². The van der Waals surface area contributed by atoms with E-state index in [0.717, 1.165) is 63.0 Å². The molecule has 0 radical (unpaired) electrons. The van der Waals surface area contributed by atoms with Crippen LogP contribution in [0.15, 0.2) is 36.7 Å². The van der Waals surface area contributed by atoms with Gasteiger partial charge in [-0.05, 0) is 37.1 Å². The van der Waals surface area contributed by atoms with Crippen LogP contribution >= 0.6 is 0 Å². The number of anilines is 4. The maximum atomic E-state index is 10.8. The minimum Gasteiger partial charge on any atom is -0.372 e. The Bertz CT molecular complexity index is 736. The highest BCUT2D eigenvalue weighted by Gasteiger charge is 2.17. The molecule has 1 aromatic heterocycles. The smallest absolute Gasteiger partial charge is 0.209 e. The lowest BCUT2D eigenvalue weighted by Gasteiger charge is -2.33. The zero-order chi connectivity index (χ0) is 17.8. The molecule has 2 aliphatic rings. The van der Waals surface area contributed by atoms with E-state index in [2.05, 4.69) is 49.4 Å². The van der Waals surface area contributed by atoms with Gasteiger partial charge in [0.2, 0.25) is 6.41 Å². The molecule has 2 aliphatic heterocycles. The third kappa shape index (κ3) is 3.71. The molecule has 0 unspecified atom stereocenters. The van der Waals surface area contributed by atoms with Crippen LogP contribution in [0.4, 0.5) is 23.0 Å². The zero-order valence-corrected chi connectivity index (χ0v) is 14.8. The first kappa shape index (κ1) is 16.6. The Morgan fingerprint density at radius 3 is 2.31 bits per heavy atom. The SMILES string of the molecule is O=CN1CCN(c2cc(Nc3ccc(N4CCCC4)cc3)ncn2)CC1. The predicted molar refractivity (Wildman–Crippen MR) is 103 cm³/mol. The number of rotatable bonds is 5. The highest BCUT2D eigenvalue weighted by molar-refractivity contribution is 5.63. The van der Waals surface area contributed by atoms with Gasteiger partial charge in [0.15, 0.2) is 0 Å². The molecule has 2 aromatic rings. The molecule has 0 aliphatic carbocycles. The molecule has 0 spiro atoms. The Morgan fingerprint density at radius 2 is 1.62 bits per heavy atom. The molecule has 0 saturated carbocycles. The first-order chi connectivity index (χ1) is 12.8. The number of hydrogen-bond donors (Lipinski definition) is 1. The lowest BCUT2D eigenvalue weighted by molar-refractivity contribution is -0.118. The van der Waals surface area contributed by atoms with Crippen LogP contribution in [0, 0.1) is 0 Å². The van der Waals surface area contributed by atoms with Crippen LogP contribution in [0.1, 0.15) is 12.8 Å². The van der Waals surface area contributed by atoms with Crippen LogP contribution in [0.5, 0.6) is 0 Å². The Kier molecular flexibility index (Phi) is 4.86. The fourth-order valence-electron chi connectivity index (χ4n) is 3.52. The lowest BCUT2D eigenvalue weighted by atomic mass is 10.2. The minimum absolute atomic E-state index is 0.730. The zero-order valence-electron chi connectivity index (χ0n) is 14.8. The molecule has 26 heavy (non-hydrogen) atoms. The second-order valence-corrected chi connectivity index (χ2v) is 6.76. The van der Waals surface area contributed by atoms with Gasteiger partial charge in [-0.15, -0.1) is 0 Å². The average molecular weight is 352 g/mol. The van der Waals surface area contributed by atoms with E-state index in [4.69, 9.17) is 0 Å². The molecule has 7 nitrogen and oxygen atoms in total. The van der Waals surface area contributed by atoms with Gasteiger partial charge in [0.1, 0.15) is 18.0 Å². The van der Waals surface area contributed by atoms with Crippen molar-refractivity contribution in [3.05, 3.63) is 36.7 Å². The van der Waals surface area contributed by atoms with Crippen molar-refractivity contribution >= 4 is 29.4 Å². The van der Waals surface area contributed by atoms with Crippen molar-refractivity contribution in [2.75, 3.05) is 54.4 Å². The molecule has 4 rings (SSSR count). The van der Waals surface area contributed by atoms with Gasteiger partial charge in [-0.3, -0.25) is 4.79 Å². The van der Waals surface area contributed by atoms with Crippen molar-refractivity contribution in [1.29, 1.82) is 0 Å². The third-order valence-corrected chi connectivity index (χ3v) is 5.05. The molecule has 1 aromatic carbocycles. The Morgan fingerprint density at radius 1 is 0.885 bits per heavy atom. The fourth-order valence-corrected chi connectivity index (χ4v) is 3.52. The number of amides is 1. The van der Waals surface area contributed by atoms with E-state index < -0.39 is 0 Å². The summed E-state index contributed by atoms with van der Waals surface area (Å²) in [5.41, 5.74) is 2.30. The van der Waals surface area contributed by atoms with Crippen LogP contribution in [0.2, 0.25) is 0 Å². The predicted octanol–water partition coefficient (Wildman–Crippen LogP) is 2.10. The average Bonchev–Trinajstić information content (AvgIpc) is 3.24. The van der Waals surface area contributed by atoms with E-state index in [1.165, 1.54) is 18.5 Å². The van der Waals surface area contributed by atoms with Gasteiger partial charge < -0.3 is 20.0 Å². The van der Waals surface area contributed by atoms with Crippen LogP contribution < -0.4 is 15.1 Å². The maximum absolute atomic E-state index is 10.8. The highest BCUT2D eigenvalue weighted by Crippen LogP contribution is 2.24. The summed E-state index contributed by atoms with van der Waals surface area (Å²) < 4.78 is 0. The molecule has 7 heteroatoms. The Balaban J connectivity index is 1.41. The van der Waals surface area contributed by atoms with E-state index in [9.17, 15) is 4.79 Å². The fraction of sp³-hybridized carbons (Fsp3) is 0.421. The van der Waals surface area contributed by atoms with Crippen molar-refractivity contribution in [3.8, 4) is 0 Å². The number of benzene rings is 1. The molecule has 0 atom stereocenters. The van der Waals surface area contributed by atoms with Crippen molar-refractivity contribution in [3.63, 3.8) is 0 Å². The normalized spacial score (nSPS) is 17.5. The quantitative estimate of drug-likeness (QED) is 0.832. The van der Waals surface area contributed by atoms with Gasteiger partial charge in [0, 0.05) is 56.7 Å². The number of piperazine rings is 1. The van der Waals surface area contributed by atoms with E-state index in [1.807, 2.05) is 6.07 Å². The first-order valence-electron chi connectivity index (χ1n) is 9.20. The monoisotopic (exact) mass is 352 g/mol. The van der Waals surface area contributed by atoms with Crippen molar-refractivity contribution in [2.45, 2.75) is 12.8 Å². The number of nitrogens with zero attached hydrogens (tertiary/aromatic N) is 5. The van der Waals surface area contributed by atoms with Crippen molar-refractivity contribution in [2.24, 2.45) is 0 Å². The Hall–Kier alpha value is -2.83. The van der Waals surface area contributed by atoms with Gasteiger partial charge >= 0.3 is 0 Å². The summed E-state index contributed by atoms with van der Waals surface area (Å²) in [6.07, 6.45) is 5.06. The molecule has 3 heterocycles. The highest BCUT2D eigenvalue weighted by atomic mass is 16.1. The number of nitrogens with one attached hydrogen (secondary N) is 1. The number of aromatic nitrogens is 2. The second kappa shape index (κ2) is 7.59. The molecule has 1 N–H and O–H groups in total. The van der Waals surface area contributed by atoms with Crippen molar-refractivity contribution < 1.29 is 4.79 Å². The molecule has 2 fully saturated rings. The standard InChI is InChI=1S/C19H24N6O/c26-15-23-9-11-25(12-10-23)19-13-18(20-14-21-19)22-16-3-5-17(6-4-16)24-7-1-2-8-24/h3-6,13-15H,1-2,7-12H2,(H,20,21,22). The van der Waals surface area contributed by atoms with Gasteiger partial charge in [0.25, 0.3) is 0 Å². The second-order valence-electron chi connectivity index (χ2n) is 6.76. The summed E-state index contributed by atoms with van der Waals surface area (Å²) in [7, 11) is 0.